The maximum Gasteiger partial charge on any atom is 0.488 e. The molecule has 0 saturated heterocycles. The molecular formula is C70H74B2N8O6Si. The van der Waals surface area contributed by atoms with Gasteiger partial charge in [0.25, 0.3) is 0 Å². The normalized spacial score (nSPS) is 13.7. The summed E-state index contributed by atoms with van der Waals surface area (Å²) in [6.45, 7) is 20.8. The Labute approximate surface area is 512 Å². The molecule has 2 aliphatic rings. The number of nitrogens with zero attached hydrogens (tertiary/aromatic N) is 5. The monoisotopic (exact) mass is 1170 g/mol. The van der Waals surface area contributed by atoms with E-state index in [2.05, 4.69) is 161 Å². The van der Waals surface area contributed by atoms with Crippen LogP contribution in [0.15, 0.2) is 174 Å². The minimum atomic E-state index is -2.24. The number of anilines is 1. The lowest BCUT2D eigenvalue weighted by Crippen LogP contribution is -2.49. The van der Waals surface area contributed by atoms with Gasteiger partial charge in [0.15, 0.2) is 0 Å². The highest BCUT2D eigenvalue weighted by molar-refractivity contribution is 6.98. The Balaban J connectivity index is 1.26. The maximum absolute atomic E-state index is 12.7. The largest absolute Gasteiger partial charge is 0.488 e. The van der Waals surface area contributed by atoms with Gasteiger partial charge in [0.2, 0.25) is 11.8 Å². The number of nitriles is 2. The number of hydrogen-bond acceptors (Lipinski definition) is 12. The van der Waals surface area contributed by atoms with E-state index in [9.17, 15) is 40.2 Å². The number of amides is 2. The summed E-state index contributed by atoms with van der Waals surface area (Å²) in [5.41, 5.74) is 15.1. The molecule has 440 valence electrons. The van der Waals surface area contributed by atoms with E-state index in [4.69, 9.17) is 0 Å². The van der Waals surface area contributed by atoms with Gasteiger partial charge in [-0.25, -0.2) is 0 Å². The summed E-state index contributed by atoms with van der Waals surface area (Å²) in [5, 5.41) is 78.7. The number of nitrogens with one attached hydrogen (secondary N) is 3. The van der Waals surface area contributed by atoms with Crippen LogP contribution in [0.25, 0.3) is 38.2 Å². The molecule has 0 saturated carbocycles. The quantitative estimate of drug-likeness (QED) is 0.0140. The Kier molecular flexibility index (Phi) is 19.7. The first kappa shape index (κ1) is 62.8. The van der Waals surface area contributed by atoms with Gasteiger partial charge in [-0.15, -0.1) is 0 Å². The van der Waals surface area contributed by atoms with Gasteiger partial charge in [0, 0.05) is 83.3 Å². The number of fused-ring (bicyclic) bond motifs is 4. The molecule has 0 spiro atoms. The smallest absolute Gasteiger partial charge is 0.423 e. The third kappa shape index (κ3) is 13.8. The average molecular weight is 1170 g/mol. The van der Waals surface area contributed by atoms with Crippen molar-refractivity contribution in [3.05, 3.63) is 219 Å². The molecule has 7 N–H and O–H groups in total. The molecule has 0 radical (unpaired) electrons. The van der Waals surface area contributed by atoms with Crippen LogP contribution in [0.5, 0.6) is 0 Å². The first-order valence-electron chi connectivity index (χ1n) is 29.4. The molecule has 9 rings (SSSR count). The zero-order valence-corrected chi connectivity index (χ0v) is 51.7. The minimum Gasteiger partial charge on any atom is -0.423 e. The van der Waals surface area contributed by atoms with Gasteiger partial charge >= 0.3 is 14.2 Å². The second-order valence-corrected chi connectivity index (χ2v) is 27.6. The van der Waals surface area contributed by atoms with Crippen molar-refractivity contribution in [3.8, 4) is 23.3 Å². The number of carbonyl (C=O) groups is 2. The van der Waals surface area contributed by atoms with E-state index in [-0.39, 0.29) is 35.8 Å². The molecular weight excluding hydrogens is 1100 g/mol. The summed E-state index contributed by atoms with van der Waals surface area (Å²) in [6.07, 6.45) is 7.71. The van der Waals surface area contributed by atoms with Gasteiger partial charge < -0.3 is 36.0 Å². The highest BCUT2D eigenvalue weighted by Gasteiger charge is 2.40. The van der Waals surface area contributed by atoms with E-state index in [1.54, 1.807) is 50.2 Å². The van der Waals surface area contributed by atoms with E-state index < -0.39 is 22.3 Å². The second-order valence-electron chi connectivity index (χ2n) is 23.3. The number of aliphatic imine (C=N–C) groups is 1. The van der Waals surface area contributed by atoms with Crippen LogP contribution in [-0.4, -0.2) is 110 Å². The van der Waals surface area contributed by atoms with E-state index in [1.807, 2.05) is 26.2 Å². The summed E-state index contributed by atoms with van der Waals surface area (Å²) in [7, 11) is -2.04. The van der Waals surface area contributed by atoms with Gasteiger partial charge in [0.1, 0.15) is 8.07 Å². The van der Waals surface area contributed by atoms with Crippen LogP contribution < -0.4 is 32.1 Å². The third-order valence-corrected chi connectivity index (χ3v) is 20.4. The maximum atomic E-state index is 12.7. The zero-order valence-electron chi connectivity index (χ0n) is 50.7. The van der Waals surface area contributed by atoms with E-state index in [1.165, 1.54) is 27.1 Å². The number of benzene rings is 7. The number of aryl methyl sites for hydroxylation is 1. The van der Waals surface area contributed by atoms with Gasteiger partial charge in [0.05, 0.1) is 29.0 Å². The van der Waals surface area contributed by atoms with Crippen molar-refractivity contribution >= 4 is 88.8 Å². The Hall–Kier alpha value is -8.74. The highest BCUT2D eigenvalue weighted by atomic mass is 28.3. The molecule has 0 aromatic heterocycles. The van der Waals surface area contributed by atoms with Crippen LogP contribution in [0.1, 0.15) is 76.8 Å². The molecule has 14 nitrogen and oxygen atoms in total. The molecule has 1 aliphatic heterocycles. The van der Waals surface area contributed by atoms with Crippen molar-refractivity contribution in [2.75, 3.05) is 45.6 Å². The van der Waals surface area contributed by atoms with Crippen molar-refractivity contribution in [1.29, 1.82) is 10.5 Å². The molecule has 0 fully saturated rings. The lowest BCUT2D eigenvalue weighted by atomic mass is 9.76. The summed E-state index contributed by atoms with van der Waals surface area (Å²) < 4.78 is 0. The predicted octanol–water partition coefficient (Wildman–Crippen LogP) is 8.12. The van der Waals surface area contributed by atoms with Crippen LogP contribution >= 0.6 is 0 Å². The fraction of sp³-hybridized carbons (Fsp3) is 0.243. The average Bonchev–Trinajstić information content (AvgIpc) is 0.769. The molecule has 2 amide bonds. The van der Waals surface area contributed by atoms with E-state index >= 15 is 0 Å². The molecule has 0 bridgehead atoms. The summed E-state index contributed by atoms with van der Waals surface area (Å²) in [6, 6.07) is 42.5. The summed E-state index contributed by atoms with van der Waals surface area (Å²) in [5.74, 6) is -0.487. The molecule has 0 unspecified atom stereocenters. The van der Waals surface area contributed by atoms with Gasteiger partial charge in [-0.1, -0.05) is 99.1 Å². The number of rotatable bonds is 23. The Morgan fingerprint density at radius 2 is 1.17 bits per heavy atom. The highest BCUT2D eigenvalue weighted by Crippen LogP contribution is 2.44. The molecule has 17 heteroatoms. The van der Waals surface area contributed by atoms with Crippen molar-refractivity contribution in [3.63, 3.8) is 0 Å². The van der Waals surface area contributed by atoms with Crippen LogP contribution in [-0.2, 0) is 35.8 Å². The SMILES string of the molecule is C=C(C)C(=O)NCCCN(Cc1cc(C#N)ccc1B(O)O)Cc1c2ccccc2c(CN(CCCNC(=O)C(=C)C)Cc2cc(C#N)ccc2B(O)O)c2cc(-c3ccc(C)c(C4=C5C=CC(=NC)C=C5[Si](C)(C)c5cc(NC)ccc54)c3)ccc12. The van der Waals surface area contributed by atoms with Gasteiger partial charge in [-0.05, 0) is 198 Å². The topological polar surface area (TPSA) is 218 Å². The second kappa shape index (κ2) is 27.3. The van der Waals surface area contributed by atoms with Gasteiger partial charge in [-0.2, -0.15) is 10.5 Å². The third-order valence-electron chi connectivity index (χ3n) is 16.8. The Bertz CT molecular complexity index is 4120. The fourth-order valence-electron chi connectivity index (χ4n) is 12.2. The molecule has 0 atom stereocenters. The summed E-state index contributed by atoms with van der Waals surface area (Å²) >= 11 is 0. The molecule has 7 aromatic carbocycles. The molecule has 87 heavy (non-hydrogen) atoms. The molecule has 1 aliphatic carbocycles. The Morgan fingerprint density at radius 1 is 0.644 bits per heavy atom. The van der Waals surface area contributed by atoms with Crippen molar-refractivity contribution in [2.45, 2.75) is 72.9 Å². The van der Waals surface area contributed by atoms with Crippen molar-refractivity contribution < 1.29 is 29.7 Å². The summed E-state index contributed by atoms with van der Waals surface area (Å²) in [4.78, 5) is 34.5. The van der Waals surface area contributed by atoms with E-state index in [0.717, 1.165) is 66.3 Å². The number of carbonyl (C=O) groups excluding carboxylic acids is 2. The number of allylic oxidation sites excluding steroid dienone is 5. The predicted molar refractivity (Wildman–Crippen MR) is 356 cm³/mol. The lowest BCUT2D eigenvalue weighted by molar-refractivity contribution is -0.118. The lowest BCUT2D eigenvalue weighted by Gasteiger charge is -2.38. The van der Waals surface area contributed by atoms with Crippen molar-refractivity contribution in [1.82, 2.24) is 20.4 Å². The standard InChI is InChI=1S/C70H74B2N8O6Si/c1-44(2)69(81)77-28-12-30-79(40-51-32-47(38-73)17-26-64(51)71(83)84)42-62-55-14-10-11-15-56(55)63(43-80(31-13-29-78-70(82)45(3)4)41-52-33-48(39-74)18-27-65(52)72(85)86)61-35-50(20-23-57(61)62)49-19-16-46(5)60(34-49)68-58-24-21-53(75-6)36-66(58)87(8,9)67-37-54(76-7)22-25-59(67)68/h10-11,14-27,32-37,75,83-86H,1,3,12-13,28-31,40-43H2,2,4-9H3,(H,77,81)(H,78,82). The van der Waals surface area contributed by atoms with Crippen LogP contribution in [0.4, 0.5) is 5.69 Å². The van der Waals surface area contributed by atoms with E-state index in [0.29, 0.717) is 85.5 Å². The van der Waals surface area contributed by atoms with Crippen molar-refractivity contribution in [2.24, 2.45) is 4.99 Å². The molecule has 1 heterocycles. The van der Waals surface area contributed by atoms with Crippen LogP contribution in [0.2, 0.25) is 13.1 Å². The fourth-order valence-corrected chi connectivity index (χ4v) is 15.2. The van der Waals surface area contributed by atoms with Gasteiger partial charge in [-0.3, -0.25) is 24.4 Å². The van der Waals surface area contributed by atoms with Crippen LogP contribution in [0.3, 0.4) is 0 Å². The molecule has 7 aromatic rings. The Morgan fingerprint density at radius 3 is 1.69 bits per heavy atom. The first-order chi connectivity index (χ1) is 41.7. The number of hydrogen-bond donors (Lipinski definition) is 7. The zero-order chi connectivity index (χ0) is 62.3. The first-order valence-corrected chi connectivity index (χ1v) is 32.4. The minimum absolute atomic E-state index is 0.233. The van der Waals surface area contributed by atoms with Crippen LogP contribution in [0, 0.1) is 29.6 Å².